The molecule has 2 rings (SSSR count). The van der Waals surface area contributed by atoms with E-state index in [4.69, 9.17) is 0 Å². The summed E-state index contributed by atoms with van der Waals surface area (Å²) in [6.07, 6.45) is 8.68. The molecule has 2 fully saturated rings. The Labute approximate surface area is 93.7 Å². The maximum absolute atomic E-state index is 9.72. The van der Waals surface area contributed by atoms with Crippen molar-refractivity contribution >= 4 is 0 Å². The van der Waals surface area contributed by atoms with Crippen LogP contribution in [0.1, 0.15) is 51.9 Å². The van der Waals surface area contributed by atoms with Gasteiger partial charge in [0, 0.05) is 12.6 Å². The second-order valence-electron chi connectivity index (χ2n) is 5.41. The highest BCUT2D eigenvalue weighted by Gasteiger charge is 2.30. The van der Waals surface area contributed by atoms with Crippen molar-refractivity contribution in [1.29, 1.82) is 0 Å². The van der Waals surface area contributed by atoms with Crippen LogP contribution in [-0.2, 0) is 0 Å². The second kappa shape index (κ2) is 5.31. The Balaban J connectivity index is 1.83. The first kappa shape index (κ1) is 11.4. The van der Waals surface area contributed by atoms with Gasteiger partial charge in [-0.1, -0.05) is 6.92 Å². The summed E-state index contributed by atoms with van der Waals surface area (Å²) in [7, 11) is 0. The fourth-order valence-electron chi connectivity index (χ4n) is 2.81. The van der Waals surface area contributed by atoms with Crippen molar-refractivity contribution in [1.82, 2.24) is 4.90 Å². The van der Waals surface area contributed by atoms with Gasteiger partial charge in [-0.3, -0.25) is 0 Å². The van der Waals surface area contributed by atoms with Crippen LogP contribution in [0.3, 0.4) is 0 Å². The van der Waals surface area contributed by atoms with Crippen LogP contribution < -0.4 is 0 Å². The summed E-state index contributed by atoms with van der Waals surface area (Å²) < 4.78 is 0. The molecule has 0 saturated heterocycles. The minimum absolute atomic E-state index is 0.0256. The van der Waals surface area contributed by atoms with Crippen LogP contribution >= 0.6 is 0 Å². The smallest absolute Gasteiger partial charge is 0.0555 e. The number of hydrogen-bond donors (Lipinski definition) is 1. The zero-order valence-electron chi connectivity index (χ0n) is 9.99. The Morgan fingerprint density at radius 2 is 2.00 bits per heavy atom. The summed E-state index contributed by atoms with van der Waals surface area (Å²) in [6, 6.07) is 0.675. The van der Waals surface area contributed by atoms with E-state index in [1.165, 1.54) is 45.2 Å². The Morgan fingerprint density at radius 1 is 1.20 bits per heavy atom. The zero-order valence-corrected chi connectivity index (χ0v) is 9.99. The Morgan fingerprint density at radius 3 is 2.60 bits per heavy atom. The van der Waals surface area contributed by atoms with Crippen molar-refractivity contribution in [2.75, 3.05) is 13.1 Å². The SMILES string of the molecule is CCCN(CC1CC1)C1CCCC(O)C1. The van der Waals surface area contributed by atoms with Crippen molar-refractivity contribution in [3.63, 3.8) is 0 Å². The van der Waals surface area contributed by atoms with Crippen LogP contribution in [-0.4, -0.2) is 35.2 Å². The molecule has 0 aromatic heterocycles. The molecule has 0 aromatic rings. The predicted octanol–water partition coefficient (Wildman–Crippen LogP) is 2.41. The first-order valence-corrected chi connectivity index (χ1v) is 6.71. The summed E-state index contributed by atoms with van der Waals surface area (Å²) in [4.78, 5) is 2.65. The average molecular weight is 211 g/mol. The minimum atomic E-state index is -0.0256. The molecule has 2 aliphatic carbocycles. The fourth-order valence-corrected chi connectivity index (χ4v) is 2.81. The van der Waals surface area contributed by atoms with E-state index in [0.29, 0.717) is 6.04 Å². The maximum atomic E-state index is 9.72. The molecule has 0 aliphatic heterocycles. The van der Waals surface area contributed by atoms with E-state index in [1.54, 1.807) is 0 Å². The monoisotopic (exact) mass is 211 g/mol. The molecule has 0 spiro atoms. The van der Waals surface area contributed by atoms with E-state index in [1.807, 2.05) is 0 Å². The standard InChI is InChI=1S/C13H25NO/c1-2-8-14(10-11-6-7-11)12-4-3-5-13(15)9-12/h11-13,15H,2-10H2,1H3. The van der Waals surface area contributed by atoms with Crippen LogP contribution in [0.25, 0.3) is 0 Å². The van der Waals surface area contributed by atoms with Crippen molar-refractivity contribution in [3.05, 3.63) is 0 Å². The van der Waals surface area contributed by atoms with Gasteiger partial charge >= 0.3 is 0 Å². The van der Waals surface area contributed by atoms with Gasteiger partial charge in [0.25, 0.3) is 0 Å². The van der Waals surface area contributed by atoms with Crippen LogP contribution in [0, 0.1) is 5.92 Å². The number of hydrogen-bond acceptors (Lipinski definition) is 2. The Kier molecular flexibility index (Phi) is 4.04. The van der Waals surface area contributed by atoms with Crippen molar-refractivity contribution in [2.45, 2.75) is 64.0 Å². The lowest BCUT2D eigenvalue weighted by molar-refractivity contribution is 0.0594. The first-order chi connectivity index (χ1) is 7.29. The van der Waals surface area contributed by atoms with Gasteiger partial charge in [-0.2, -0.15) is 0 Å². The average Bonchev–Trinajstić information content (AvgIpc) is 3.01. The largest absolute Gasteiger partial charge is 0.393 e. The maximum Gasteiger partial charge on any atom is 0.0555 e. The van der Waals surface area contributed by atoms with Gasteiger partial charge < -0.3 is 10.0 Å². The van der Waals surface area contributed by atoms with Crippen molar-refractivity contribution < 1.29 is 5.11 Å². The van der Waals surface area contributed by atoms with Crippen molar-refractivity contribution in [2.24, 2.45) is 5.92 Å². The molecule has 2 saturated carbocycles. The molecule has 0 aromatic carbocycles. The number of aliphatic hydroxyl groups is 1. The molecule has 0 radical (unpaired) electrons. The van der Waals surface area contributed by atoms with E-state index < -0.39 is 0 Å². The molecule has 2 heteroatoms. The van der Waals surface area contributed by atoms with Crippen LogP contribution in [0.4, 0.5) is 0 Å². The lowest BCUT2D eigenvalue weighted by Gasteiger charge is -2.36. The minimum Gasteiger partial charge on any atom is -0.393 e. The lowest BCUT2D eigenvalue weighted by atomic mass is 9.91. The molecule has 0 heterocycles. The first-order valence-electron chi connectivity index (χ1n) is 6.71. The number of aliphatic hydroxyl groups excluding tert-OH is 1. The number of nitrogens with zero attached hydrogens (tertiary/aromatic N) is 1. The molecule has 2 unspecified atom stereocenters. The zero-order chi connectivity index (χ0) is 10.7. The van der Waals surface area contributed by atoms with Gasteiger partial charge in [0.2, 0.25) is 0 Å². The molecule has 2 aliphatic rings. The summed E-state index contributed by atoms with van der Waals surface area (Å²) in [5, 5.41) is 9.72. The van der Waals surface area contributed by atoms with Gasteiger partial charge in [0.1, 0.15) is 0 Å². The highest BCUT2D eigenvalue weighted by Crippen LogP contribution is 2.32. The third-order valence-corrected chi connectivity index (χ3v) is 3.84. The molecule has 0 bridgehead atoms. The summed E-state index contributed by atoms with van der Waals surface area (Å²) in [5.74, 6) is 0.982. The van der Waals surface area contributed by atoms with E-state index in [-0.39, 0.29) is 6.10 Å². The highest BCUT2D eigenvalue weighted by molar-refractivity contribution is 4.84. The second-order valence-corrected chi connectivity index (χ2v) is 5.41. The van der Waals surface area contributed by atoms with Gasteiger partial charge in [-0.15, -0.1) is 0 Å². The van der Waals surface area contributed by atoms with Gasteiger partial charge in [-0.25, -0.2) is 0 Å². The lowest BCUT2D eigenvalue weighted by Crippen LogP contribution is -2.41. The topological polar surface area (TPSA) is 23.5 Å². The summed E-state index contributed by atoms with van der Waals surface area (Å²) >= 11 is 0. The molecule has 88 valence electrons. The molecule has 2 nitrogen and oxygen atoms in total. The van der Waals surface area contributed by atoms with E-state index in [9.17, 15) is 5.11 Å². The highest BCUT2D eigenvalue weighted by atomic mass is 16.3. The van der Waals surface area contributed by atoms with E-state index in [2.05, 4.69) is 11.8 Å². The van der Waals surface area contributed by atoms with Crippen LogP contribution in [0.15, 0.2) is 0 Å². The quantitative estimate of drug-likeness (QED) is 0.755. The third-order valence-electron chi connectivity index (χ3n) is 3.84. The van der Waals surface area contributed by atoms with Gasteiger partial charge in [0.15, 0.2) is 0 Å². The molecular weight excluding hydrogens is 186 g/mol. The Hall–Kier alpha value is -0.0800. The Bertz CT molecular complexity index is 191. The van der Waals surface area contributed by atoms with Crippen LogP contribution in [0.2, 0.25) is 0 Å². The molecule has 15 heavy (non-hydrogen) atoms. The van der Waals surface area contributed by atoms with E-state index >= 15 is 0 Å². The van der Waals surface area contributed by atoms with Crippen molar-refractivity contribution in [3.8, 4) is 0 Å². The molecule has 1 N–H and O–H groups in total. The normalized spacial score (nSPS) is 32.2. The summed E-state index contributed by atoms with van der Waals surface area (Å²) in [6.45, 7) is 4.79. The fraction of sp³-hybridized carbons (Fsp3) is 1.00. The summed E-state index contributed by atoms with van der Waals surface area (Å²) in [5.41, 5.74) is 0. The third kappa shape index (κ3) is 3.46. The molecular formula is C13H25NO. The predicted molar refractivity (Wildman–Crippen MR) is 62.9 cm³/mol. The number of rotatable bonds is 5. The van der Waals surface area contributed by atoms with E-state index in [0.717, 1.165) is 18.8 Å². The van der Waals surface area contributed by atoms with Gasteiger partial charge in [0.05, 0.1) is 6.10 Å². The molecule has 2 atom stereocenters. The van der Waals surface area contributed by atoms with Gasteiger partial charge in [-0.05, 0) is 57.4 Å². The molecule has 0 amide bonds. The van der Waals surface area contributed by atoms with Crippen LogP contribution in [0.5, 0.6) is 0 Å².